The van der Waals surface area contributed by atoms with Gasteiger partial charge in [-0.25, -0.2) is 8.78 Å². The molecule has 1 atom stereocenters. The molecule has 1 aromatic heterocycles. The van der Waals surface area contributed by atoms with Crippen molar-refractivity contribution >= 4 is 16.8 Å². The van der Waals surface area contributed by atoms with Gasteiger partial charge in [0.15, 0.2) is 0 Å². The first kappa shape index (κ1) is 19.3. The first-order valence-corrected chi connectivity index (χ1v) is 9.86. The summed E-state index contributed by atoms with van der Waals surface area (Å²) < 4.78 is 26.6. The smallest absolute Gasteiger partial charge is 0.254 e. The highest BCUT2D eigenvalue weighted by Gasteiger charge is 2.26. The second-order valence-electron chi connectivity index (χ2n) is 7.66. The number of hydrogen-bond donors (Lipinski definition) is 1. The van der Waals surface area contributed by atoms with Crippen LogP contribution in [0.4, 0.5) is 8.78 Å². The van der Waals surface area contributed by atoms with Gasteiger partial charge >= 0.3 is 0 Å². The summed E-state index contributed by atoms with van der Waals surface area (Å²) in [6.45, 7) is 1.26. The molecule has 4 rings (SSSR count). The molecular formula is C23H22F2N2O2. The highest BCUT2D eigenvalue weighted by atomic mass is 19.1. The quantitative estimate of drug-likeness (QED) is 0.715. The van der Waals surface area contributed by atoms with E-state index in [2.05, 4.69) is 4.98 Å². The van der Waals surface area contributed by atoms with Gasteiger partial charge in [-0.15, -0.1) is 0 Å². The number of carbonyl (C=O) groups is 1. The highest BCUT2D eigenvalue weighted by molar-refractivity contribution is 6.06. The van der Waals surface area contributed by atoms with Crippen molar-refractivity contribution in [1.82, 2.24) is 9.88 Å². The maximum atomic E-state index is 13.5. The van der Waals surface area contributed by atoms with E-state index in [1.165, 1.54) is 36.4 Å². The minimum atomic E-state index is -0.462. The first-order valence-electron chi connectivity index (χ1n) is 9.86. The zero-order chi connectivity index (χ0) is 20.4. The van der Waals surface area contributed by atoms with Gasteiger partial charge in [0.25, 0.3) is 5.91 Å². The number of fused-ring (bicyclic) bond motifs is 1. The Balaban J connectivity index is 1.49. The van der Waals surface area contributed by atoms with Crippen molar-refractivity contribution in [2.24, 2.45) is 5.92 Å². The van der Waals surface area contributed by atoms with E-state index in [0.717, 1.165) is 31.2 Å². The fourth-order valence-corrected chi connectivity index (χ4v) is 4.09. The predicted octanol–water partition coefficient (Wildman–Crippen LogP) is 4.29. The number of rotatable bonds is 4. The summed E-state index contributed by atoms with van der Waals surface area (Å²) in [7, 11) is 0. The zero-order valence-corrected chi connectivity index (χ0v) is 16.0. The van der Waals surface area contributed by atoms with Crippen LogP contribution in [0.25, 0.3) is 10.9 Å². The van der Waals surface area contributed by atoms with Crippen LogP contribution in [0.2, 0.25) is 0 Å². The van der Waals surface area contributed by atoms with Gasteiger partial charge in [-0.2, -0.15) is 0 Å². The van der Waals surface area contributed by atoms with Crippen molar-refractivity contribution in [1.29, 1.82) is 0 Å². The van der Waals surface area contributed by atoms with E-state index < -0.39 is 11.4 Å². The van der Waals surface area contributed by atoms with Crippen LogP contribution in [0.1, 0.15) is 35.2 Å². The topological polar surface area (TPSA) is 53.2 Å². The molecule has 1 aliphatic heterocycles. The Morgan fingerprint density at radius 3 is 2.62 bits per heavy atom. The number of H-pyrrole nitrogens is 1. The molecule has 0 spiro atoms. The maximum Gasteiger partial charge on any atom is 0.254 e. The van der Waals surface area contributed by atoms with Gasteiger partial charge in [-0.3, -0.25) is 9.59 Å². The molecule has 29 heavy (non-hydrogen) atoms. The van der Waals surface area contributed by atoms with Gasteiger partial charge in [0, 0.05) is 24.5 Å². The van der Waals surface area contributed by atoms with E-state index >= 15 is 0 Å². The lowest BCUT2D eigenvalue weighted by Crippen LogP contribution is -2.40. The SMILES string of the molecule is O=C(c1cc(=O)[nH]c2cc(F)ccc12)N1CCCC(CCc2ccc(F)cc2)C1. The van der Waals surface area contributed by atoms with Gasteiger partial charge in [0.05, 0.1) is 11.1 Å². The molecule has 1 aliphatic rings. The van der Waals surface area contributed by atoms with Crippen LogP contribution in [0.5, 0.6) is 0 Å². The zero-order valence-electron chi connectivity index (χ0n) is 16.0. The number of amides is 1. The van der Waals surface area contributed by atoms with Crippen LogP contribution in [0, 0.1) is 17.6 Å². The molecule has 2 aromatic carbocycles. The normalized spacial score (nSPS) is 16.9. The molecule has 3 aromatic rings. The fraction of sp³-hybridized carbons (Fsp3) is 0.304. The molecule has 1 unspecified atom stereocenters. The summed E-state index contributed by atoms with van der Waals surface area (Å²) >= 11 is 0. The van der Waals surface area contributed by atoms with Crippen LogP contribution in [-0.4, -0.2) is 28.9 Å². The number of hydrogen-bond acceptors (Lipinski definition) is 2. The molecule has 0 radical (unpaired) electrons. The minimum absolute atomic E-state index is 0.195. The number of nitrogens with one attached hydrogen (secondary N) is 1. The Hall–Kier alpha value is -3.02. The summed E-state index contributed by atoms with van der Waals surface area (Å²) in [6, 6.07) is 11.9. The third-order valence-corrected chi connectivity index (χ3v) is 5.60. The number of aromatic amines is 1. The number of piperidine rings is 1. The van der Waals surface area contributed by atoms with Crippen LogP contribution < -0.4 is 5.56 Å². The predicted molar refractivity (Wildman–Crippen MR) is 108 cm³/mol. The number of aryl methyl sites for hydroxylation is 1. The molecule has 1 saturated heterocycles. The molecule has 0 aliphatic carbocycles. The van der Waals surface area contributed by atoms with Crippen LogP contribution in [0.3, 0.4) is 0 Å². The van der Waals surface area contributed by atoms with Gasteiger partial charge in [-0.1, -0.05) is 12.1 Å². The monoisotopic (exact) mass is 396 g/mol. The second kappa shape index (κ2) is 8.15. The molecule has 6 heteroatoms. The third-order valence-electron chi connectivity index (χ3n) is 5.60. The Morgan fingerprint density at radius 2 is 1.83 bits per heavy atom. The third kappa shape index (κ3) is 4.36. The van der Waals surface area contributed by atoms with Gasteiger partial charge in [0.1, 0.15) is 11.6 Å². The molecule has 0 saturated carbocycles. The molecule has 4 nitrogen and oxygen atoms in total. The van der Waals surface area contributed by atoms with Crippen molar-refractivity contribution in [2.75, 3.05) is 13.1 Å². The minimum Gasteiger partial charge on any atom is -0.338 e. The van der Waals surface area contributed by atoms with E-state index in [0.29, 0.717) is 35.5 Å². The van der Waals surface area contributed by atoms with E-state index in [9.17, 15) is 18.4 Å². The number of benzene rings is 2. The first-order chi connectivity index (χ1) is 14.0. The van der Waals surface area contributed by atoms with Crippen LogP contribution in [0.15, 0.2) is 53.3 Å². The molecule has 0 bridgehead atoms. The number of likely N-dealkylation sites (tertiary alicyclic amines) is 1. The number of nitrogens with zero attached hydrogens (tertiary/aromatic N) is 1. The molecule has 2 heterocycles. The summed E-state index contributed by atoms with van der Waals surface area (Å²) in [5.74, 6) is -0.549. The van der Waals surface area contributed by atoms with Crippen molar-refractivity contribution < 1.29 is 13.6 Å². The Labute approximate surface area is 167 Å². The maximum absolute atomic E-state index is 13.5. The van der Waals surface area contributed by atoms with Crippen molar-refractivity contribution in [3.05, 3.63) is 81.6 Å². The summed E-state index contributed by atoms with van der Waals surface area (Å²) in [4.78, 5) is 29.5. The standard InChI is InChI=1S/C23H22F2N2O2/c24-17-7-5-15(6-8-17)3-4-16-2-1-11-27(14-16)23(29)20-13-22(28)26-21-12-18(25)9-10-19(20)21/h5-10,12-13,16H,1-4,11,14H2,(H,26,28). The average Bonchev–Trinajstić information content (AvgIpc) is 2.72. The van der Waals surface area contributed by atoms with Crippen LogP contribution in [-0.2, 0) is 6.42 Å². The van der Waals surface area contributed by atoms with E-state index in [4.69, 9.17) is 0 Å². The molecule has 1 fully saturated rings. The van der Waals surface area contributed by atoms with E-state index in [1.807, 2.05) is 0 Å². The van der Waals surface area contributed by atoms with Gasteiger partial charge in [-0.05, 0) is 67.5 Å². The number of pyridine rings is 1. The molecule has 1 amide bonds. The fourth-order valence-electron chi connectivity index (χ4n) is 4.09. The lowest BCUT2D eigenvalue weighted by molar-refractivity contribution is 0.0670. The Morgan fingerprint density at radius 1 is 1.07 bits per heavy atom. The van der Waals surface area contributed by atoms with Gasteiger partial charge in [0.2, 0.25) is 5.56 Å². The Bertz CT molecular complexity index is 1090. The van der Waals surface area contributed by atoms with E-state index in [1.54, 1.807) is 17.0 Å². The second-order valence-corrected chi connectivity index (χ2v) is 7.66. The van der Waals surface area contributed by atoms with Crippen LogP contribution >= 0.6 is 0 Å². The number of halogens is 2. The number of aromatic nitrogens is 1. The van der Waals surface area contributed by atoms with Crippen molar-refractivity contribution in [2.45, 2.75) is 25.7 Å². The van der Waals surface area contributed by atoms with Crippen molar-refractivity contribution in [3.8, 4) is 0 Å². The van der Waals surface area contributed by atoms with Crippen molar-refractivity contribution in [3.63, 3.8) is 0 Å². The molecular weight excluding hydrogens is 374 g/mol. The summed E-state index contributed by atoms with van der Waals surface area (Å²) in [5.41, 5.74) is 1.29. The molecule has 150 valence electrons. The lowest BCUT2D eigenvalue weighted by atomic mass is 9.91. The lowest BCUT2D eigenvalue weighted by Gasteiger charge is -2.33. The summed E-state index contributed by atoms with van der Waals surface area (Å²) in [6.07, 6.45) is 3.68. The Kier molecular flexibility index (Phi) is 5.43. The van der Waals surface area contributed by atoms with E-state index in [-0.39, 0.29) is 11.7 Å². The summed E-state index contributed by atoms with van der Waals surface area (Å²) in [5, 5.41) is 0.546. The number of carbonyl (C=O) groups excluding carboxylic acids is 1. The molecule has 1 N–H and O–H groups in total. The average molecular weight is 396 g/mol. The largest absolute Gasteiger partial charge is 0.338 e. The van der Waals surface area contributed by atoms with Gasteiger partial charge < -0.3 is 9.88 Å². The highest BCUT2D eigenvalue weighted by Crippen LogP contribution is 2.25.